The minimum atomic E-state index is 0.535. The summed E-state index contributed by atoms with van der Waals surface area (Å²) >= 11 is 6.17. The van der Waals surface area contributed by atoms with Gasteiger partial charge in [0.1, 0.15) is 0 Å². The maximum Gasteiger partial charge on any atom is 0.0412 e. The fourth-order valence-corrected chi connectivity index (χ4v) is 3.40. The van der Waals surface area contributed by atoms with Crippen molar-refractivity contribution in [2.24, 2.45) is 11.7 Å². The molecule has 0 unspecified atom stereocenters. The van der Waals surface area contributed by atoms with Crippen molar-refractivity contribution in [3.05, 3.63) is 76.3 Å². The molecule has 2 N–H and O–H groups in total. The van der Waals surface area contributed by atoms with Crippen LogP contribution in [0.5, 0.6) is 0 Å². The van der Waals surface area contributed by atoms with Gasteiger partial charge in [-0.25, -0.2) is 0 Å². The van der Waals surface area contributed by atoms with E-state index in [0.717, 1.165) is 24.3 Å². The molecule has 1 nitrogen and oxygen atoms in total. The number of benzene rings is 2. The van der Waals surface area contributed by atoms with Gasteiger partial charge in [0.15, 0.2) is 0 Å². The summed E-state index contributed by atoms with van der Waals surface area (Å²) in [7, 11) is 0. The minimum Gasteiger partial charge on any atom is -0.330 e. The molecule has 0 aliphatic heterocycles. The molecule has 1 aliphatic rings. The summed E-state index contributed by atoms with van der Waals surface area (Å²) in [6.45, 7) is 0.684. The SMILES string of the molecule is NCCC=C(c1cccc(Cl)c1)C1Cc2ccccc2C1. The van der Waals surface area contributed by atoms with Gasteiger partial charge < -0.3 is 5.73 Å². The van der Waals surface area contributed by atoms with E-state index in [1.807, 2.05) is 12.1 Å². The highest BCUT2D eigenvalue weighted by Crippen LogP contribution is 2.36. The highest BCUT2D eigenvalue weighted by Gasteiger charge is 2.24. The molecule has 0 amide bonds. The zero-order chi connectivity index (χ0) is 14.7. The number of fused-ring (bicyclic) bond motifs is 1. The lowest BCUT2D eigenvalue weighted by molar-refractivity contribution is 0.722. The number of rotatable bonds is 4. The summed E-state index contributed by atoms with van der Waals surface area (Å²) in [6, 6.07) is 16.9. The van der Waals surface area contributed by atoms with Gasteiger partial charge >= 0.3 is 0 Å². The highest BCUT2D eigenvalue weighted by molar-refractivity contribution is 6.30. The van der Waals surface area contributed by atoms with Crippen molar-refractivity contribution >= 4 is 17.2 Å². The van der Waals surface area contributed by atoms with Gasteiger partial charge in [-0.1, -0.05) is 54.1 Å². The smallest absolute Gasteiger partial charge is 0.0412 e. The van der Waals surface area contributed by atoms with Gasteiger partial charge in [-0.15, -0.1) is 0 Å². The maximum atomic E-state index is 6.17. The number of hydrogen-bond acceptors (Lipinski definition) is 1. The van der Waals surface area contributed by atoms with Crippen LogP contribution in [0.25, 0.3) is 5.57 Å². The first-order chi connectivity index (χ1) is 10.3. The Balaban J connectivity index is 1.92. The minimum absolute atomic E-state index is 0.535. The molecular weight excluding hydrogens is 278 g/mol. The van der Waals surface area contributed by atoms with Crippen LogP contribution in [0.1, 0.15) is 23.1 Å². The predicted octanol–water partition coefficient (Wildman–Crippen LogP) is 4.49. The quantitative estimate of drug-likeness (QED) is 0.884. The molecule has 21 heavy (non-hydrogen) atoms. The van der Waals surface area contributed by atoms with Crippen LogP contribution in [0.4, 0.5) is 0 Å². The van der Waals surface area contributed by atoms with Gasteiger partial charge in [-0.2, -0.15) is 0 Å². The van der Waals surface area contributed by atoms with E-state index < -0.39 is 0 Å². The lowest BCUT2D eigenvalue weighted by Crippen LogP contribution is -2.05. The van der Waals surface area contributed by atoms with Gasteiger partial charge in [0.2, 0.25) is 0 Å². The lowest BCUT2D eigenvalue weighted by atomic mass is 9.89. The molecule has 2 aromatic rings. The second kappa shape index (κ2) is 6.46. The van der Waals surface area contributed by atoms with Crippen LogP contribution in [0, 0.1) is 5.92 Å². The van der Waals surface area contributed by atoms with Crippen molar-refractivity contribution in [2.45, 2.75) is 19.3 Å². The van der Waals surface area contributed by atoms with E-state index in [2.05, 4.69) is 42.5 Å². The van der Waals surface area contributed by atoms with Crippen molar-refractivity contribution in [1.82, 2.24) is 0 Å². The van der Waals surface area contributed by atoms with E-state index in [0.29, 0.717) is 12.5 Å². The van der Waals surface area contributed by atoms with Crippen molar-refractivity contribution < 1.29 is 0 Å². The van der Waals surface area contributed by atoms with E-state index in [1.165, 1.54) is 22.3 Å². The third-order valence-corrected chi connectivity index (χ3v) is 4.41. The van der Waals surface area contributed by atoms with Gasteiger partial charge in [0, 0.05) is 5.02 Å². The van der Waals surface area contributed by atoms with E-state index in [-0.39, 0.29) is 0 Å². The fourth-order valence-electron chi connectivity index (χ4n) is 3.21. The monoisotopic (exact) mass is 297 g/mol. The number of nitrogens with two attached hydrogens (primary N) is 1. The average Bonchev–Trinajstić information content (AvgIpc) is 2.91. The first-order valence-electron chi connectivity index (χ1n) is 7.51. The first kappa shape index (κ1) is 14.4. The first-order valence-corrected chi connectivity index (χ1v) is 7.88. The molecule has 0 saturated heterocycles. The Morgan fingerprint density at radius 1 is 1.10 bits per heavy atom. The second-order valence-corrected chi connectivity index (χ2v) is 6.06. The predicted molar refractivity (Wildman–Crippen MR) is 90.4 cm³/mol. The Morgan fingerprint density at radius 2 is 1.81 bits per heavy atom. The van der Waals surface area contributed by atoms with Gasteiger partial charge in [0.05, 0.1) is 0 Å². The fraction of sp³-hybridized carbons (Fsp3) is 0.263. The van der Waals surface area contributed by atoms with Crippen LogP contribution in [-0.2, 0) is 12.8 Å². The van der Waals surface area contributed by atoms with Crippen molar-refractivity contribution in [3.63, 3.8) is 0 Å². The van der Waals surface area contributed by atoms with Crippen molar-refractivity contribution in [2.75, 3.05) is 6.54 Å². The van der Waals surface area contributed by atoms with Crippen LogP contribution >= 0.6 is 11.6 Å². The molecule has 108 valence electrons. The number of hydrogen-bond donors (Lipinski definition) is 1. The molecule has 0 bridgehead atoms. The normalized spacial score (nSPS) is 15.2. The Labute approximate surface area is 131 Å². The molecule has 0 spiro atoms. The van der Waals surface area contributed by atoms with Crippen LogP contribution in [0.3, 0.4) is 0 Å². The van der Waals surface area contributed by atoms with E-state index in [4.69, 9.17) is 17.3 Å². The number of allylic oxidation sites excluding steroid dienone is 1. The molecule has 0 saturated carbocycles. The maximum absolute atomic E-state index is 6.17. The third-order valence-electron chi connectivity index (χ3n) is 4.18. The Bertz CT molecular complexity index is 635. The summed E-state index contributed by atoms with van der Waals surface area (Å²) < 4.78 is 0. The average molecular weight is 298 g/mol. The molecule has 0 aromatic heterocycles. The molecular formula is C19H20ClN. The third kappa shape index (κ3) is 3.20. The largest absolute Gasteiger partial charge is 0.330 e. The van der Waals surface area contributed by atoms with Gasteiger partial charge in [0.25, 0.3) is 0 Å². The number of halogens is 1. The Hall–Kier alpha value is -1.57. The van der Waals surface area contributed by atoms with Crippen molar-refractivity contribution in [3.8, 4) is 0 Å². The molecule has 3 rings (SSSR count). The topological polar surface area (TPSA) is 26.0 Å². The summed E-state index contributed by atoms with van der Waals surface area (Å²) in [5.74, 6) is 0.535. The molecule has 0 heterocycles. The zero-order valence-corrected chi connectivity index (χ0v) is 12.8. The Morgan fingerprint density at radius 3 is 2.43 bits per heavy atom. The van der Waals surface area contributed by atoms with E-state index >= 15 is 0 Å². The lowest BCUT2D eigenvalue weighted by Gasteiger charge is -2.16. The van der Waals surface area contributed by atoms with Crippen LogP contribution < -0.4 is 5.73 Å². The molecule has 2 aromatic carbocycles. The summed E-state index contributed by atoms with van der Waals surface area (Å²) in [4.78, 5) is 0. The Kier molecular flexibility index (Phi) is 4.42. The highest BCUT2D eigenvalue weighted by atomic mass is 35.5. The molecule has 2 heteroatoms. The zero-order valence-electron chi connectivity index (χ0n) is 12.1. The van der Waals surface area contributed by atoms with E-state index in [1.54, 1.807) is 0 Å². The van der Waals surface area contributed by atoms with Gasteiger partial charge in [-0.05, 0) is 66.1 Å². The summed E-state index contributed by atoms with van der Waals surface area (Å²) in [6.07, 6.45) is 5.43. The van der Waals surface area contributed by atoms with E-state index in [9.17, 15) is 0 Å². The molecule has 0 fully saturated rings. The second-order valence-electron chi connectivity index (χ2n) is 5.62. The van der Waals surface area contributed by atoms with Crippen molar-refractivity contribution in [1.29, 1.82) is 0 Å². The summed E-state index contributed by atoms with van der Waals surface area (Å²) in [5, 5.41) is 0.793. The van der Waals surface area contributed by atoms with Crippen LogP contribution in [0.15, 0.2) is 54.6 Å². The van der Waals surface area contributed by atoms with Crippen LogP contribution in [-0.4, -0.2) is 6.54 Å². The van der Waals surface area contributed by atoms with Gasteiger partial charge in [-0.3, -0.25) is 0 Å². The standard InChI is InChI=1S/C19H20ClN/c20-18-8-3-7-16(13-18)19(9-4-10-21)17-11-14-5-1-2-6-15(14)12-17/h1-3,5-9,13,17H,4,10-12,21H2. The summed E-state index contributed by atoms with van der Waals surface area (Å²) in [5.41, 5.74) is 11.3. The van der Waals surface area contributed by atoms with Crippen LogP contribution in [0.2, 0.25) is 5.02 Å². The molecule has 0 radical (unpaired) electrons. The molecule has 1 aliphatic carbocycles. The molecule has 0 atom stereocenters.